The van der Waals surface area contributed by atoms with Gasteiger partial charge in [0.05, 0.1) is 23.5 Å². The molecule has 1 spiro atoms. The third-order valence-electron chi connectivity index (χ3n) is 10.7. The Hall–Kier alpha value is -0.600. The standard InChI is InChI=1S/C28H45N3O3S/c1-27(11-3-12-27)31-20-28(34-19-26(31)32)13-16-30(17-14-28)35(33)24-9-7-21(8-10-24)23-6-5-22-4-2-15-29-25(22)18-23/h9,21-23,25,29H,2-8,10-20H2,1H3. The van der Waals surface area contributed by atoms with E-state index in [1.807, 2.05) is 0 Å². The summed E-state index contributed by atoms with van der Waals surface area (Å²) in [6.07, 6.45) is 17.8. The van der Waals surface area contributed by atoms with Crippen molar-refractivity contribution in [2.75, 3.05) is 32.8 Å². The SMILES string of the molecule is CC1(N2CC3(CCN([S+]([O-])C4=CCC(C5CCC6CCCNC6C5)CC4)CC3)OCC2=O)CCC1. The number of morpholine rings is 1. The molecule has 3 aliphatic carbocycles. The molecular formula is C28H45N3O3S. The highest BCUT2D eigenvalue weighted by Crippen LogP contribution is 2.44. The number of carbonyl (C=O) groups excluding carboxylic acids is 1. The second kappa shape index (κ2) is 9.94. The average molecular weight is 504 g/mol. The Morgan fingerprint density at radius 2 is 1.86 bits per heavy atom. The van der Waals surface area contributed by atoms with Crippen LogP contribution in [0.5, 0.6) is 0 Å². The Labute approximate surface area is 214 Å². The number of carbonyl (C=O) groups is 1. The molecule has 1 amide bonds. The smallest absolute Gasteiger partial charge is 0.249 e. The van der Waals surface area contributed by atoms with Crippen molar-refractivity contribution in [1.82, 2.24) is 14.5 Å². The van der Waals surface area contributed by atoms with Crippen molar-refractivity contribution in [1.29, 1.82) is 0 Å². The summed E-state index contributed by atoms with van der Waals surface area (Å²) in [6.45, 7) is 5.96. The van der Waals surface area contributed by atoms with E-state index in [-0.39, 0.29) is 23.7 Å². The van der Waals surface area contributed by atoms with E-state index in [1.54, 1.807) is 0 Å². The molecule has 2 saturated carbocycles. The number of nitrogens with one attached hydrogen (secondary N) is 1. The molecule has 3 heterocycles. The fourth-order valence-electron chi connectivity index (χ4n) is 8.05. The third kappa shape index (κ3) is 4.85. The van der Waals surface area contributed by atoms with Crippen molar-refractivity contribution in [3.05, 3.63) is 11.0 Å². The van der Waals surface area contributed by atoms with E-state index in [2.05, 4.69) is 27.5 Å². The van der Waals surface area contributed by atoms with Gasteiger partial charge in [0.25, 0.3) is 0 Å². The van der Waals surface area contributed by atoms with Crippen LogP contribution in [0, 0.1) is 17.8 Å². The van der Waals surface area contributed by atoms with Gasteiger partial charge in [-0.3, -0.25) is 4.79 Å². The quantitative estimate of drug-likeness (QED) is 0.584. The first-order valence-corrected chi connectivity index (χ1v) is 15.6. The number of amides is 1. The van der Waals surface area contributed by atoms with Crippen molar-refractivity contribution < 1.29 is 14.1 Å². The van der Waals surface area contributed by atoms with Gasteiger partial charge in [-0.25, -0.2) is 0 Å². The summed E-state index contributed by atoms with van der Waals surface area (Å²) < 4.78 is 21.8. The molecule has 3 saturated heterocycles. The van der Waals surface area contributed by atoms with Crippen molar-refractivity contribution >= 4 is 17.3 Å². The molecule has 5 unspecified atom stereocenters. The number of rotatable bonds is 4. The molecular weight excluding hydrogens is 458 g/mol. The third-order valence-corrected chi connectivity index (χ3v) is 12.3. The molecule has 0 radical (unpaired) electrons. The highest BCUT2D eigenvalue weighted by molar-refractivity contribution is 7.93. The molecule has 0 aromatic rings. The minimum Gasteiger partial charge on any atom is -0.593 e. The summed E-state index contributed by atoms with van der Waals surface area (Å²) in [5.74, 6) is 2.68. The topological polar surface area (TPSA) is 67.9 Å². The first-order valence-electron chi connectivity index (χ1n) is 14.5. The molecule has 5 atom stereocenters. The van der Waals surface area contributed by atoms with E-state index in [9.17, 15) is 9.35 Å². The highest BCUT2D eigenvalue weighted by Gasteiger charge is 2.50. The van der Waals surface area contributed by atoms with Crippen molar-refractivity contribution in [2.24, 2.45) is 17.8 Å². The summed E-state index contributed by atoms with van der Waals surface area (Å²) in [7, 11) is 0. The maximum atomic E-state index is 13.5. The maximum absolute atomic E-state index is 13.5. The summed E-state index contributed by atoms with van der Waals surface area (Å²) in [5, 5.41) is 3.80. The molecule has 5 fully saturated rings. The second-order valence-electron chi connectivity index (χ2n) is 12.7. The van der Waals surface area contributed by atoms with Crippen molar-refractivity contribution in [3.63, 3.8) is 0 Å². The first kappa shape index (κ1) is 24.7. The molecule has 6 aliphatic rings. The Morgan fingerprint density at radius 3 is 2.57 bits per heavy atom. The Kier molecular flexibility index (Phi) is 7.02. The van der Waals surface area contributed by atoms with Crippen LogP contribution in [-0.2, 0) is 20.9 Å². The number of hydrogen-bond acceptors (Lipinski definition) is 5. The number of piperidine rings is 2. The van der Waals surface area contributed by atoms with Crippen molar-refractivity contribution in [2.45, 2.75) is 108 Å². The fraction of sp³-hybridized carbons (Fsp3) is 0.893. The Bertz CT molecular complexity index is 822. The van der Waals surface area contributed by atoms with Gasteiger partial charge in [0, 0.05) is 31.1 Å². The maximum Gasteiger partial charge on any atom is 0.249 e. The largest absolute Gasteiger partial charge is 0.593 e. The number of allylic oxidation sites excluding steroid dienone is 2. The van der Waals surface area contributed by atoms with E-state index < -0.39 is 11.4 Å². The molecule has 6 nitrogen and oxygen atoms in total. The molecule has 7 heteroatoms. The molecule has 3 aliphatic heterocycles. The van der Waals surface area contributed by atoms with Gasteiger partial charge in [-0.2, -0.15) is 0 Å². The fourth-order valence-corrected chi connectivity index (χ4v) is 9.43. The second-order valence-corrected chi connectivity index (χ2v) is 14.3. The zero-order valence-electron chi connectivity index (χ0n) is 21.6. The predicted octanol–water partition coefficient (Wildman–Crippen LogP) is 4.14. The van der Waals surface area contributed by atoms with Gasteiger partial charge in [0.15, 0.2) is 0 Å². The van der Waals surface area contributed by atoms with Crippen LogP contribution in [0.25, 0.3) is 0 Å². The normalized spacial score (nSPS) is 38.4. The van der Waals surface area contributed by atoms with Gasteiger partial charge in [-0.1, -0.05) is 0 Å². The average Bonchev–Trinajstić information content (AvgIpc) is 2.89. The van der Waals surface area contributed by atoms with E-state index in [0.29, 0.717) is 6.54 Å². The lowest BCUT2D eigenvalue weighted by atomic mass is 9.68. The van der Waals surface area contributed by atoms with Gasteiger partial charge in [0.2, 0.25) is 5.91 Å². The molecule has 6 rings (SSSR count). The summed E-state index contributed by atoms with van der Waals surface area (Å²) >= 11 is -1.02. The molecule has 0 aromatic heterocycles. The number of nitrogens with zero attached hydrogens (tertiary/aromatic N) is 2. The predicted molar refractivity (Wildman–Crippen MR) is 139 cm³/mol. The van der Waals surface area contributed by atoms with Crippen LogP contribution in [0.4, 0.5) is 0 Å². The summed E-state index contributed by atoms with van der Waals surface area (Å²) in [4.78, 5) is 15.9. The molecule has 196 valence electrons. The zero-order valence-corrected chi connectivity index (χ0v) is 22.5. The van der Waals surface area contributed by atoms with Crippen LogP contribution in [0.2, 0.25) is 0 Å². The van der Waals surface area contributed by atoms with Crippen molar-refractivity contribution in [3.8, 4) is 0 Å². The van der Waals surface area contributed by atoms with Gasteiger partial charge in [-0.15, -0.1) is 4.31 Å². The molecule has 0 bridgehead atoms. The van der Waals surface area contributed by atoms with Crippen LogP contribution in [0.1, 0.15) is 90.4 Å². The Morgan fingerprint density at radius 1 is 1.06 bits per heavy atom. The van der Waals surface area contributed by atoms with E-state index in [0.717, 1.165) is 80.3 Å². The van der Waals surface area contributed by atoms with E-state index >= 15 is 0 Å². The van der Waals surface area contributed by atoms with E-state index in [1.165, 1.54) is 51.5 Å². The van der Waals surface area contributed by atoms with Gasteiger partial charge in [-0.05, 0) is 114 Å². The van der Waals surface area contributed by atoms with Gasteiger partial charge < -0.3 is 19.5 Å². The number of ether oxygens (including phenoxy) is 1. The van der Waals surface area contributed by atoms with Crippen LogP contribution in [0.15, 0.2) is 11.0 Å². The van der Waals surface area contributed by atoms with E-state index in [4.69, 9.17) is 4.74 Å². The minimum absolute atomic E-state index is 0.0313. The minimum atomic E-state index is -1.02. The lowest BCUT2D eigenvalue weighted by Crippen LogP contribution is -2.65. The molecule has 0 aromatic carbocycles. The van der Waals surface area contributed by atoms with Crippen LogP contribution in [0.3, 0.4) is 0 Å². The first-order chi connectivity index (χ1) is 16.9. The summed E-state index contributed by atoms with van der Waals surface area (Å²) in [5.41, 5.74) is -0.213. The van der Waals surface area contributed by atoms with Gasteiger partial charge >= 0.3 is 0 Å². The Balaban J connectivity index is 1.01. The monoisotopic (exact) mass is 503 g/mol. The van der Waals surface area contributed by atoms with Crippen LogP contribution >= 0.6 is 0 Å². The zero-order chi connectivity index (χ0) is 24.0. The van der Waals surface area contributed by atoms with Gasteiger partial charge in [0.1, 0.15) is 11.5 Å². The summed E-state index contributed by atoms with van der Waals surface area (Å²) in [6, 6.07) is 0.753. The number of hydrogen-bond donors (Lipinski definition) is 1. The highest BCUT2D eigenvalue weighted by atomic mass is 32.2. The lowest BCUT2D eigenvalue weighted by Gasteiger charge is -2.55. The van der Waals surface area contributed by atoms with Crippen LogP contribution < -0.4 is 5.32 Å². The number of fused-ring (bicyclic) bond motifs is 1. The lowest BCUT2D eigenvalue weighted by molar-refractivity contribution is -0.185. The van der Waals surface area contributed by atoms with Crippen LogP contribution in [-0.4, -0.2) is 69.6 Å². The molecule has 35 heavy (non-hydrogen) atoms. The molecule has 1 N–H and O–H groups in total.